The summed E-state index contributed by atoms with van der Waals surface area (Å²) in [6.45, 7) is 6.43. The smallest absolute Gasteiger partial charge is 0.232 e. The van der Waals surface area contributed by atoms with Crippen LogP contribution < -0.4 is 11.1 Å². The lowest BCUT2D eigenvalue weighted by Gasteiger charge is -2.34. The lowest BCUT2D eigenvalue weighted by Crippen LogP contribution is -2.45. The predicted octanol–water partition coefficient (Wildman–Crippen LogP) is 2.46. The Bertz CT molecular complexity index is 685. The van der Waals surface area contributed by atoms with Gasteiger partial charge in [-0.3, -0.25) is 4.90 Å². The molecule has 0 amide bonds. The Morgan fingerprint density at radius 1 is 1.17 bits per heavy atom. The number of nitrogen functional groups attached to an aromatic ring is 1. The van der Waals surface area contributed by atoms with Crippen LogP contribution in [0.4, 0.5) is 17.6 Å². The Balaban J connectivity index is 1.72. The van der Waals surface area contributed by atoms with Gasteiger partial charge in [0.1, 0.15) is 5.82 Å². The number of rotatable bonds is 4. The fourth-order valence-corrected chi connectivity index (χ4v) is 2.97. The Morgan fingerprint density at radius 2 is 1.83 bits per heavy atom. The Labute approximate surface area is 146 Å². The van der Waals surface area contributed by atoms with Crippen molar-refractivity contribution in [3.8, 4) is 0 Å². The van der Waals surface area contributed by atoms with E-state index in [1.807, 2.05) is 12.1 Å². The van der Waals surface area contributed by atoms with Crippen LogP contribution in [0.2, 0.25) is 5.02 Å². The van der Waals surface area contributed by atoms with Crippen molar-refractivity contribution in [3.63, 3.8) is 0 Å². The molecule has 0 radical (unpaired) electrons. The van der Waals surface area contributed by atoms with E-state index in [2.05, 4.69) is 39.0 Å². The van der Waals surface area contributed by atoms with E-state index in [0.29, 0.717) is 23.3 Å². The van der Waals surface area contributed by atoms with Crippen LogP contribution in [0.5, 0.6) is 0 Å². The summed E-state index contributed by atoms with van der Waals surface area (Å²) in [7, 11) is 0. The topological polar surface area (TPSA) is 89.2 Å². The van der Waals surface area contributed by atoms with Gasteiger partial charge in [-0.05, 0) is 38.1 Å². The second-order valence-corrected chi connectivity index (χ2v) is 6.45. The molecule has 2 aromatic rings. The number of hydrogen-bond donors (Lipinski definition) is 2. The number of hydrogen-bond acceptors (Lipinski definition) is 7. The molecule has 1 saturated heterocycles. The van der Waals surface area contributed by atoms with Crippen molar-refractivity contribution in [2.24, 2.45) is 0 Å². The Hall–Kier alpha value is -1.96. The highest BCUT2D eigenvalue weighted by atomic mass is 35.5. The molecule has 0 aliphatic carbocycles. The van der Waals surface area contributed by atoms with Crippen molar-refractivity contribution < 1.29 is 4.74 Å². The lowest BCUT2D eigenvalue weighted by atomic mass is 10.2. The molecular formula is C16H21ClN6O. The number of halogens is 1. The third-order valence-electron chi connectivity index (χ3n) is 3.66. The molecule has 3 N–H and O–H groups in total. The van der Waals surface area contributed by atoms with Gasteiger partial charge < -0.3 is 15.8 Å². The van der Waals surface area contributed by atoms with Crippen molar-refractivity contribution in [2.75, 3.05) is 24.1 Å². The molecule has 0 spiro atoms. The molecule has 24 heavy (non-hydrogen) atoms. The molecule has 2 atom stereocenters. The first kappa shape index (κ1) is 16.9. The van der Waals surface area contributed by atoms with Gasteiger partial charge in [-0.2, -0.15) is 15.0 Å². The first-order chi connectivity index (χ1) is 11.5. The minimum Gasteiger partial charge on any atom is -0.373 e. The second-order valence-electron chi connectivity index (χ2n) is 6.02. The number of morpholine rings is 1. The SMILES string of the molecule is C[C@@H]1CN(Cc2nc(N)nc(Nc3ccc(Cl)cc3)n2)C[C@H](C)O1. The number of ether oxygens (including phenoxy) is 1. The monoisotopic (exact) mass is 348 g/mol. The van der Waals surface area contributed by atoms with E-state index in [-0.39, 0.29) is 18.2 Å². The second kappa shape index (κ2) is 7.29. The largest absolute Gasteiger partial charge is 0.373 e. The molecule has 0 bridgehead atoms. The van der Waals surface area contributed by atoms with Crippen molar-refractivity contribution in [1.82, 2.24) is 19.9 Å². The lowest BCUT2D eigenvalue weighted by molar-refractivity contribution is -0.0710. The summed E-state index contributed by atoms with van der Waals surface area (Å²) < 4.78 is 5.75. The van der Waals surface area contributed by atoms with E-state index in [0.717, 1.165) is 18.8 Å². The normalized spacial score (nSPS) is 21.6. The number of nitrogens with zero attached hydrogens (tertiary/aromatic N) is 4. The molecule has 1 aliphatic rings. The molecular weight excluding hydrogens is 328 g/mol. The van der Waals surface area contributed by atoms with Crippen LogP contribution >= 0.6 is 11.6 Å². The zero-order valence-corrected chi connectivity index (χ0v) is 14.5. The van der Waals surface area contributed by atoms with Gasteiger partial charge in [-0.15, -0.1) is 0 Å². The van der Waals surface area contributed by atoms with E-state index in [4.69, 9.17) is 22.1 Å². The maximum atomic E-state index is 5.89. The quantitative estimate of drug-likeness (QED) is 0.877. The molecule has 1 aromatic heterocycles. The van der Waals surface area contributed by atoms with Crippen LogP contribution in [-0.4, -0.2) is 45.1 Å². The summed E-state index contributed by atoms with van der Waals surface area (Å²) in [5.41, 5.74) is 6.67. The molecule has 0 saturated carbocycles. The average molecular weight is 349 g/mol. The predicted molar refractivity (Wildman–Crippen MR) is 94.3 cm³/mol. The summed E-state index contributed by atoms with van der Waals surface area (Å²) in [5, 5.41) is 3.80. The fraction of sp³-hybridized carbons (Fsp3) is 0.438. The van der Waals surface area contributed by atoms with Crippen LogP contribution in [0, 0.1) is 0 Å². The molecule has 1 fully saturated rings. The van der Waals surface area contributed by atoms with Gasteiger partial charge in [-0.25, -0.2) is 0 Å². The van der Waals surface area contributed by atoms with Crippen LogP contribution in [0.15, 0.2) is 24.3 Å². The molecule has 1 aromatic carbocycles. The molecule has 3 rings (SSSR count). The number of anilines is 3. The zero-order valence-electron chi connectivity index (χ0n) is 13.7. The van der Waals surface area contributed by atoms with Gasteiger partial charge in [0.05, 0.1) is 18.8 Å². The molecule has 2 heterocycles. The molecule has 7 nitrogen and oxygen atoms in total. The standard InChI is InChI=1S/C16H21ClN6O/c1-10-7-23(8-11(2)24-10)9-14-20-15(18)22-16(21-14)19-13-5-3-12(17)4-6-13/h3-6,10-11H,7-9H2,1-2H3,(H3,18,19,20,21,22)/t10-,11+. The summed E-state index contributed by atoms with van der Waals surface area (Å²) in [6, 6.07) is 7.30. The summed E-state index contributed by atoms with van der Waals surface area (Å²) in [6.07, 6.45) is 0.388. The van der Waals surface area contributed by atoms with E-state index in [1.165, 1.54) is 0 Å². The van der Waals surface area contributed by atoms with E-state index < -0.39 is 0 Å². The summed E-state index contributed by atoms with van der Waals surface area (Å²) in [5.74, 6) is 1.26. The molecule has 8 heteroatoms. The van der Waals surface area contributed by atoms with Gasteiger partial charge in [0.2, 0.25) is 11.9 Å². The number of nitrogens with one attached hydrogen (secondary N) is 1. The van der Waals surface area contributed by atoms with Gasteiger partial charge in [0.25, 0.3) is 0 Å². The van der Waals surface area contributed by atoms with E-state index in [1.54, 1.807) is 12.1 Å². The highest BCUT2D eigenvalue weighted by Crippen LogP contribution is 2.18. The minimum absolute atomic E-state index is 0.194. The maximum absolute atomic E-state index is 5.89. The van der Waals surface area contributed by atoms with E-state index >= 15 is 0 Å². The van der Waals surface area contributed by atoms with Gasteiger partial charge in [0, 0.05) is 23.8 Å². The Morgan fingerprint density at radius 3 is 2.50 bits per heavy atom. The number of nitrogens with two attached hydrogens (primary N) is 1. The first-order valence-corrected chi connectivity index (χ1v) is 8.26. The minimum atomic E-state index is 0.194. The average Bonchev–Trinajstić information content (AvgIpc) is 2.48. The van der Waals surface area contributed by atoms with Gasteiger partial charge >= 0.3 is 0 Å². The van der Waals surface area contributed by atoms with E-state index in [9.17, 15) is 0 Å². The first-order valence-electron chi connectivity index (χ1n) is 7.89. The van der Waals surface area contributed by atoms with Crippen LogP contribution in [0.3, 0.4) is 0 Å². The van der Waals surface area contributed by atoms with Crippen molar-refractivity contribution >= 4 is 29.2 Å². The Kier molecular flexibility index (Phi) is 5.13. The van der Waals surface area contributed by atoms with Crippen LogP contribution in [-0.2, 0) is 11.3 Å². The van der Waals surface area contributed by atoms with Crippen molar-refractivity contribution in [2.45, 2.75) is 32.6 Å². The number of benzene rings is 1. The number of aromatic nitrogens is 3. The van der Waals surface area contributed by atoms with Gasteiger partial charge in [0.15, 0.2) is 0 Å². The summed E-state index contributed by atoms with van der Waals surface area (Å²) >= 11 is 5.89. The molecule has 128 valence electrons. The summed E-state index contributed by atoms with van der Waals surface area (Å²) in [4.78, 5) is 15.1. The van der Waals surface area contributed by atoms with Gasteiger partial charge in [-0.1, -0.05) is 11.6 Å². The third-order valence-corrected chi connectivity index (χ3v) is 3.91. The highest BCUT2D eigenvalue weighted by molar-refractivity contribution is 6.30. The van der Waals surface area contributed by atoms with Crippen molar-refractivity contribution in [3.05, 3.63) is 35.1 Å². The highest BCUT2D eigenvalue weighted by Gasteiger charge is 2.23. The van der Waals surface area contributed by atoms with Crippen LogP contribution in [0.25, 0.3) is 0 Å². The maximum Gasteiger partial charge on any atom is 0.232 e. The van der Waals surface area contributed by atoms with Crippen LogP contribution in [0.1, 0.15) is 19.7 Å². The van der Waals surface area contributed by atoms with Crippen molar-refractivity contribution in [1.29, 1.82) is 0 Å². The molecule has 0 unspecified atom stereocenters. The zero-order chi connectivity index (χ0) is 17.1. The fourth-order valence-electron chi connectivity index (χ4n) is 2.84. The molecule has 1 aliphatic heterocycles. The third kappa shape index (κ3) is 4.53.